The molecule has 2 aliphatic rings. The summed E-state index contributed by atoms with van der Waals surface area (Å²) in [6.45, 7) is 0. The summed E-state index contributed by atoms with van der Waals surface area (Å²) in [5.41, 5.74) is 1.17. The van der Waals surface area contributed by atoms with E-state index in [0.717, 1.165) is 11.4 Å². The predicted molar refractivity (Wildman–Crippen MR) is 89.1 cm³/mol. The molecule has 0 radical (unpaired) electrons. The number of carbonyl (C=O) groups excluding carboxylic acids is 2. The van der Waals surface area contributed by atoms with Crippen LogP contribution in [0.3, 0.4) is 0 Å². The number of carbonyl (C=O) groups is 2. The fraction of sp³-hybridized carbons (Fsp3) is 0.263. The second-order valence-corrected chi connectivity index (χ2v) is 6.11. The van der Waals surface area contributed by atoms with Crippen LogP contribution in [0.2, 0.25) is 0 Å². The van der Waals surface area contributed by atoms with Crippen molar-refractivity contribution in [3.05, 3.63) is 60.7 Å². The number of rotatable bonds is 2. The van der Waals surface area contributed by atoms with Gasteiger partial charge in [0.2, 0.25) is 11.8 Å². The zero-order valence-corrected chi connectivity index (χ0v) is 12.8. The van der Waals surface area contributed by atoms with Crippen LogP contribution in [0, 0.1) is 0 Å². The number of hydrogen-bond acceptors (Lipinski definition) is 2. The summed E-state index contributed by atoms with van der Waals surface area (Å²) in [6, 6.07) is 19.4. The quantitative estimate of drug-likeness (QED) is 0.854. The highest BCUT2D eigenvalue weighted by Crippen LogP contribution is 2.46. The summed E-state index contributed by atoms with van der Waals surface area (Å²) in [6.07, 6.45) is 2.32. The molecular formula is C19H18N2O2. The number of hydrogen-bond donors (Lipinski definition) is 0. The second-order valence-electron chi connectivity index (χ2n) is 6.11. The van der Waals surface area contributed by atoms with Crippen LogP contribution in [0.15, 0.2) is 60.7 Å². The molecule has 0 saturated carbocycles. The molecule has 2 amide bonds. The van der Waals surface area contributed by atoms with E-state index in [4.69, 9.17) is 0 Å². The van der Waals surface area contributed by atoms with Crippen molar-refractivity contribution in [2.45, 2.75) is 31.3 Å². The van der Waals surface area contributed by atoms with Gasteiger partial charge in [0, 0.05) is 24.2 Å². The molecule has 2 saturated heterocycles. The third kappa shape index (κ3) is 2.05. The summed E-state index contributed by atoms with van der Waals surface area (Å²) in [5.74, 6) is 0.179. The van der Waals surface area contributed by atoms with Crippen LogP contribution in [0.5, 0.6) is 0 Å². The van der Waals surface area contributed by atoms with E-state index < -0.39 is 5.66 Å². The molecule has 2 heterocycles. The van der Waals surface area contributed by atoms with Gasteiger partial charge in [0.25, 0.3) is 0 Å². The second kappa shape index (κ2) is 5.23. The molecule has 2 aliphatic heterocycles. The fourth-order valence-corrected chi connectivity index (χ4v) is 3.90. The summed E-state index contributed by atoms with van der Waals surface area (Å²) in [4.78, 5) is 28.9. The first kappa shape index (κ1) is 14.0. The lowest BCUT2D eigenvalue weighted by Gasteiger charge is -2.42. The van der Waals surface area contributed by atoms with Gasteiger partial charge < -0.3 is 0 Å². The first-order valence-corrected chi connectivity index (χ1v) is 7.99. The zero-order chi connectivity index (χ0) is 15.9. The van der Waals surface area contributed by atoms with E-state index in [1.807, 2.05) is 70.5 Å². The Balaban J connectivity index is 1.84. The van der Waals surface area contributed by atoms with Crippen molar-refractivity contribution in [2.75, 3.05) is 9.80 Å². The smallest absolute Gasteiger partial charge is 0.229 e. The van der Waals surface area contributed by atoms with Gasteiger partial charge in [-0.1, -0.05) is 36.4 Å². The fourth-order valence-electron chi connectivity index (χ4n) is 3.90. The monoisotopic (exact) mass is 306 g/mol. The molecule has 0 unspecified atom stereocenters. The van der Waals surface area contributed by atoms with Gasteiger partial charge in [0.15, 0.2) is 0 Å². The van der Waals surface area contributed by atoms with Crippen LogP contribution in [-0.4, -0.2) is 17.5 Å². The lowest BCUT2D eigenvalue weighted by atomic mass is 10.0. The third-order valence-electron chi connectivity index (χ3n) is 4.84. The lowest BCUT2D eigenvalue weighted by molar-refractivity contribution is -0.117. The normalized spacial score (nSPS) is 19.8. The minimum absolute atomic E-state index is 0.0897. The van der Waals surface area contributed by atoms with Crippen molar-refractivity contribution < 1.29 is 9.59 Å². The predicted octanol–water partition coefficient (Wildman–Crippen LogP) is 3.34. The molecule has 2 aromatic carbocycles. The SMILES string of the molecule is O=C1CCC2(CCC(=O)N2c2ccccc2)N1c1ccccc1. The Hall–Kier alpha value is -2.62. The van der Waals surface area contributed by atoms with E-state index in [9.17, 15) is 9.59 Å². The number of anilines is 2. The van der Waals surface area contributed by atoms with Gasteiger partial charge in [-0.05, 0) is 37.1 Å². The number of nitrogens with zero attached hydrogens (tertiary/aromatic N) is 2. The van der Waals surface area contributed by atoms with Gasteiger partial charge in [-0.15, -0.1) is 0 Å². The van der Waals surface area contributed by atoms with Crippen molar-refractivity contribution in [2.24, 2.45) is 0 Å². The Morgan fingerprint density at radius 2 is 1.04 bits per heavy atom. The maximum absolute atomic E-state index is 12.6. The number of amides is 2. The zero-order valence-electron chi connectivity index (χ0n) is 12.8. The van der Waals surface area contributed by atoms with Crippen LogP contribution >= 0.6 is 0 Å². The highest BCUT2D eigenvalue weighted by molar-refractivity contribution is 6.05. The lowest BCUT2D eigenvalue weighted by Crippen LogP contribution is -2.56. The van der Waals surface area contributed by atoms with Crippen molar-refractivity contribution >= 4 is 23.2 Å². The maximum atomic E-state index is 12.6. The molecule has 23 heavy (non-hydrogen) atoms. The highest BCUT2D eigenvalue weighted by Gasteiger charge is 2.55. The van der Waals surface area contributed by atoms with E-state index in [-0.39, 0.29) is 11.8 Å². The van der Waals surface area contributed by atoms with Gasteiger partial charge >= 0.3 is 0 Å². The molecule has 0 aromatic heterocycles. The van der Waals surface area contributed by atoms with Gasteiger partial charge in [0.1, 0.15) is 5.66 Å². The molecule has 4 heteroatoms. The molecule has 0 aliphatic carbocycles. The third-order valence-corrected chi connectivity index (χ3v) is 4.84. The molecule has 1 spiro atoms. The van der Waals surface area contributed by atoms with Gasteiger partial charge in [-0.2, -0.15) is 0 Å². The molecule has 4 rings (SSSR count). The van der Waals surface area contributed by atoms with Gasteiger partial charge in [-0.3, -0.25) is 19.4 Å². The van der Waals surface area contributed by atoms with Gasteiger partial charge in [-0.25, -0.2) is 0 Å². The van der Waals surface area contributed by atoms with Crippen molar-refractivity contribution in [3.8, 4) is 0 Å². The molecule has 0 atom stereocenters. The van der Waals surface area contributed by atoms with Crippen molar-refractivity contribution in [1.82, 2.24) is 0 Å². The van der Waals surface area contributed by atoms with Crippen LogP contribution in [0.25, 0.3) is 0 Å². The van der Waals surface area contributed by atoms with Crippen LogP contribution in [0.1, 0.15) is 25.7 Å². The molecule has 116 valence electrons. The number of benzene rings is 2. The summed E-state index contributed by atoms with van der Waals surface area (Å²) in [7, 11) is 0. The van der Waals surface area contributed by atoms with Crippen LogP contribution in [0.4, 0.5) is 11.4 Å². The van der Waals surface area contributed by atoms with Crippen LogP contribution < -0.4 is 9.80 Å². The topological polar surface area (TPSA) is 40.6 Å². The highest BCUT2D eigenvalue weighted by atomic mass is 16.2. The van der Waals surface area contributed by atoms with Crippen molar-refractivity contribution in [3.63, 3.8) is 0 Å². The summed E-state index contributed by atoms with van der Waals surface area (Å²) >= 11 is 0. The van der Waals surface area contributed by atoms with Crippen LogP contribution in [-0.2, 0) is 9.59 Å². The van der Waals surface area contributed by atoms with E-state index in [0.29, 0.717) is 25.7 Å². The number of para-hydroxylation sites is 2. The molecule has 0 N–H and O–H groups in total. The summed E-state index contributed by atoms with van der Waals surface area (Å²) < 4.78 is 0. The Morgan fingerprint density at radius 1 is 0.652 bits per heavy atom. The average molecular weight is 306 g/mol. The van der Waals surface area contributed by atoms with E-state index in [1.165, 1.54) is 0 Å². The average Bonchev–Trinajstić information content (AvgIpc) is 3.09. The molecule has 2 aromatic rings. The molecule has 4 nitrogen and oxygen atoms in total. The maximum Gasteiger partial charge on any atom is 0.229 e. The van der Waals surface area contributed by atoms with E-state index in [2.05, 4.69) is 0 Å². The summed E-state index contributed by atoms with van der Waals surface area (Å²) in [5, 5.41) is 0. The van der Waals surface area contributed by atoms with E-state index >= 15 is 0 Å². The Kier molecular flexibility index (Phi) is 3.18. The minimum atomic E-state index is -0.559. The Morgan fingerprint density at radius 3 is 1.43 bits per heavy atom. The largest absolute Gasteiger partial charge is 0.288 e. The van der Waals surface area contributed by atoms with Gasteiger partial charge in [0.05, 0.1) is 0 Å². The standard InChI is InChI=1S/C19H18N2O2/c22-17-11-13-19(20(17)15-7-3-1-4-8-15)14-12-18(23)21(19)16-9-5-2-6-10-16/h1-10H,11-14H2. The first-order valence-electron chi connectivity index (χ1n) is 7.99. The Bertz CT molecular complexity index is 677. The molecule has 2 fully saturated rings. The van der Waals surface area contributed by atoms with Crippen molar-refractivity contribution in [1.29, 1.82) is 0 Å². The molecular weight excluding hydrogens is 288 g/mol. The molecule has 0 bridgehead atoms. The first-order chi connectivity index (χ1) is 11.2. The Labute approximate surface area is 135 Å². The minimum Gasteiger partial charge on any atom is -0.288 e. The van der Waals surface area contributed by atoms with E-state index in [1.54, 1.807) is 0 Å².